The molecule has 2 saturated heterocycles. The number of nitrogens with one attached hydrogen (secondary N) is 1. The van der Waals surface area contributed by atoms with Gasteiger partial charge in [-0.1, -0.05) is 0 Å². The van der Waals surface area contributed by atoms with Crippen molar-refractivity contribution in [3.63, 3.8) is 0 Å². The van der Waals surface area contributed by atoms with Crippen LogP contribution in [-0.4, -0.2) is 58.5 Å². The van der Waals surface area contributed by atoms with Gasteiger partial charge in [0.05, 0.1) is 12.7 Å². The number of morpholine rings is 1. The molecule has 0 bridgehead atoms. The van der Waals surface area contributed by atoms with Gasteiger partial charge in [0.2, 0.25) is 5.91 Å². The number of nitrogens with zero attached hydrogens (tertiary/aromatic N) is 3. The van der Waals surface area contributed by atoms with Gasteiger partial charge in [-0.15, -0.1) is 0 Å². The second-order valence-corrected chi connectivity index (χ2v) is 7.26. The van der Waals surface area contributed by atoms with Crippen molar-refractivity contribution in [3.8, 4) is 0 Å². The fraction of sp³-hybridized carbons (Fsp3) is 0.765. The van der Waals surface area contributed by atoms with Gasteiger partial charge in [-0.05, 0) is 38.2 Å². The number of hydrogen-bond acceptors (Lipinski definition) is 4. The van der Waals surface area contributed by atoms with Crippen LogP contribution in [-0.2, 0) is 16.1 Å². The highest BCUT2D eigenvalue weighted by molar-refractivity contribution is 5.76. The minimum Gasteiger partial charge on any atom is -0.375 e. The molecule has 1 N–H and O–H groups in total. The van der Waals surface area contributed by atoms with E-state index in [9.17, 15) is 4.79 Å². The number of fused-ring (bicyclic) bond motifs is 1. The van der Waals surface area contributed by atoms with Gasteiger partial charge in [0.25, 0.3) is 0 Å². The lowest BCUT2D eigenvalue weighted by Gasteiger charge is -2.35. The summed E-state index contributed by atoms with van der Waals surface area (Å²) in [7, 11) is 0. The van der Waals surface area contributed by atoms with Crippen molar-refractivity contribution >= 4 is 5.91 Å². The molecule has 6 nitrogen and oxygen atoms in total. The van der Waals surface area contributed by atoms with Crippen LogP contribution in [0.1, 0.15) is 31.4 Å². The predicted molar refractivity (Wildman–Crippen MR) is 86.0 cm³/mol. The molecule has 0 aromatic carbocycles. The molecule has 0 unspecified atom stereocenters. The molecule has 3 heterocycles. The first-order chi connectivity index (χ1) is 11.2. The summed E-state index contributed by atoms with van der Waals surface area (Å²) in [4.78, 5) is 14.7. The highest BCUT2D eigenvalue weighted by Crippen LogP contribution is 2.37. The summed E-state index contributed by atoms with van der Waals surface area (Å²) in [6, 6.07) is 2.72. The third-order valence-corrected chi connectivity index (χ3v) is 5.44. The number of carbonyl (C=O) groups excluding carboxylic acids is 1. The first kappa shape index (κ1) is 15.1. The number of ether oxygens (including phenoxy) is 1. The summed E-state index contributed by atoms with van der Waals surface area (Å²) >= 11 is 0. The Labute approximate surface area is 137 Å². The molecule has 6 heteroatoms. The Hall–Kier alpha value is -1.40. The van der Waals surface area contributed by atoms with Crippen LogP contribution in [0.5, 0.6) is 0 Å². The number of rotatable bonds is 5. The molecule has 3 fully saturated rings. The SMILES string of the molecule is Cc1ccnn1CCC(=O)N[C@H]1C[C@H]2CO[C@@H](C3CC3)CN2C1. The molecule has 3 aliphatic rings. The predicted octanol–water partition coefficient (Wildman–Crippen LogP) is 0.950. The second-order valence-electron chi connectivity index (χ2n) is 7.26. The Balaban J connectivity index is 1.24. The molecular formula is C17H26N4O2. The maximum Gasteiger partial charge on any atom is 0.222 e. The molecule has 1 saturated carbocycles. The zero-order valence-corrected chi connectivity index (χ0v) is 13.8. The molecule has 1 aromatic rings. The summed E-state index contributed by atoms with van der Waals surface area (Å²) < 4.78 is 7.89. The first-order valence-electron chi connectivity index (χ1n) is 8.82. The van der Waals surface area contributed by atoms with E-state index in [0.29, 0.717) is 25.1 Å². The Morgan fingerprint density at radius 3 is 3.04 bits per heavy atom. The lowest BCUT2D eigenvalue weighted by atomic mass is 10.1. The van der Waals surface area contributed by atoms with Crippen LogP contribution in [0.4, 0.5) is 0 Å². The first-order valence-corrected chi connectivity index (χ1v) is 8.82. The number of amides is 1. The van der Waals surface area contributed by atoms with Crippen molar-refractivity contribution in [1.82, 2.24) is 20.0 Å². The minimum absolute atomic E-state index is 0.129. The topological polar surface area (TPSA) is 59.4 Å². The summed E-state index contributed by atoms with van der Waals surface area (Å²) in [5.74, 6) is 0.923. The summed E-state index contributed by atoms with van der Waals surface area (Å²) in [6.45, 7) is 5.52. The van der Waals surface area contributed by atoms with E-state index in [1.54, 1.807) is 6.20 Å². The Morgan fingerprint density at radius 1 is 1.43 bits per heavy atom. The van der Waals surface area contributed by atoms with E-state index in [1.165, 1.54) is 12.8 Å². The van der Waals surface area contributed by atoms with Crippen molar-refractivity contribution in [3.05, 3.63) is 18.0 Å². The normalized spacial score (nSPS) is 31.1. The monoisotopic (exact) mass is 318 g/mol. The van der Waals surface area contributed by atoms with Crippen LogP contribution in [0.15, 0.2) is 12.3 Å². The maximum atomic E-state index is 12.2. The minimum atomic E-state index is 0.129. The summed E-state index contributed by atoms with van der Waals surface area (Å²) in [5.41, 5.74) is 1.10. The fourth-order valence-electron chi connectivity index (χ4n) is 3.90. The van der Waals surface area contributed by atoms with Crippen LogP contribution in [0.25, 0.3) is 0 Å². The summed E-state index contributed by atoms with van der Waals surface area (Å²) in [6.07, 6.45) is 6.38. The Morgan fingerprint density at radius 2 is 2.30 bits per heavy atom. The molecule has 1 aliphatic carbocycles. The van der Waals surface area contributed by atoms with E-state index < -0.39 is 0 Å². The van der Waals surface area contributed by atoms with E-state index in [2.05, 4.69) is 15.3 Å². The average molecular weight is 318 g/mol. The lowest BCUT2D eigenvalue weighted by Crippen LogP contribution is -2.47. The molecule has 0 spiro atoms. The smallest absolute Gasteiger partial charge is 0.222 e. The molecule has 23 heavy (non-hydrogen) atoms. The number of carbonyl (C=O) groups is 1. The van der Waals surface area contributed by atoms with Crippen molar-refractivity contribution in [1.29, 1.82) is 0 Å². The molecule has 0 radical (unpaired) electrons. The average Bonchev–Trinajstić information content (AvgIpc) is 3.19. The molecule has 4 rings (SSSR count). The van der Waals surface area contributed by atoms with Crippen molar-refractivity contribution in [2.75, 3.05) is 19.7 Å². The maximum absolute atomic E-state index is 12.2. The van der Waals surface area contributed by atoms with E-state index in [-0.39, 0.29) is 11.9 Å². The largest absolute Gasteiger partial charge is 0.375 e. The number of aromatic nitrogens is 2. The van der Waals surface area contributed by atoms with Crippen LogP contribution < -0.4 is 5.32 Å². The quantitative estimate of drug-likeness (QED) is 0.878. The number of hydrogen-bond donors (Lipinski definition) is 1. The number of aryl methyl sites for hydroxylation is 2. The second kappa shape index (κ2) is 6.24. The Kier molecular flexibility index (Phi) is 4.11. The molecule has 1 aromatic heterocycles. The van der Waals surface area contributed by atoms with Gasteiger partial charge in [-0.2, -0.15) is 5.10 Å². The van der Waals surface area contributed by atoms with Crippen LogP contribution >= 0.6 is 0 Å². The van der Waals surface area contributed by atoms with Crippen LogP contribution in [0.2, 0.25) is 0 Å². The van der Waals surface area contributed by atoms with E-state index in [1.807, 2.05) is 17.7 Å². The molecular weight excluding hydrogens is 292 g/mol. The van der Waals surface area contributed by atoms with Crippen LogP contribution in [0.3, 0.4) is 0 Å². The molecule has 3 atom stereocenters. The van der Waals surface area contributed by atoms with Gasteiger partial charge < -0.3 is 10.1 Å². The van der Waals surface area contributed by atoms with E-state index in [4.69, 9.17) is 4.74 Å². The third-order valence-electron chi connectivity index (χ3n) is 5.44. The highest BCUT2D eigenvalue weighted by atomic mass is 16.5. The van der Waals surface area contributed by atoms with E-state index in [0.717, 1.165) is 37.7 Å². The highest BCUT2D eigenvalue weighted by Gasteiger charge is 2.42. The van der Waals surface area contributed by atoms with Crippen LogP contribution in [0, 0.1) is 12.8 Å². The van der Waals surface area contributed by atoms with Gasteiger partial charge in [0, 0.05) is 50.0 Å². The van der Waals surface area contributed by atoms with Gasteiger partial charge in [0.1, 0.15) is 0 Å². The van der Waals surface area contributed by atoms with Crippen molar-refractivity contribution in [2.45, 2.75) is 57.3 Å². The zero-order valence-electron chi connectivity index (χ0n) is 13.8. The van der Waals surface area contributed by atoms with Gasteiger partial charge >= 0.3 is 0 Å². The van der Waals surface area contributed by atoms with Crippen molar-refractivity contribution in [2.24, 2.45) is 5.92 Å². The molecule has 1 amide bonds. The third kappa shape index (κ3) is 3.43. The van der Waals surface area contributed by atoms with Gasteiger partial charge in [0.15, 0.2) is 0 Å². The lowest BCUT2D eigenvalue weighted by molar-refractivity contribution is -0.122. The Bertz CT molecular complexity index is 569. The summed E-state index contributed by atoms with van der Waals surface area (Å²) in [5, 5.41) is 7.42. The molecule has 126 valence electrons. The zero-order chi connectivity index (χ0) is 15.8. The standard InChI is InChI=1S/C17H26N4O2/c1-12-4-6-18-21(12)7-5-17(22)19-14-8-15-11-23-16(13-2-3-13)10-20(15)9-14/h4,6,13-16H,2-3,5,7-11H2,1H3,(H,19,22)/t14-,15-,16+/m0/s1. The fourth-order valence-corrected chi connectivity index (χ4v) is 3.90. The van der Waals surface area contributed by atoms with E-state index >= 15 is 0 Å². The van der Waals surface area contributed by atoms with Crippen molar-refractivity contribution < 1.29 is 9.53 Å². The van der Waals surface area contributed by atoms with Gasteiger partial charge in [-0.25, -0.2) is 0 Å². The molecule has 2 aliphatic heterocycles. The van der Waals surface area contributed by atoms with Gasteiger partial charge in [-0.3, -0.25) is 14.4 Å².